The molecule has 0 aromatic carbocycles. The first-order chi connectivity index (χ1) is 18.4. The molecule has 198 valence electrons. The number of anilines is 1. The Kier molecular flexibility index (Phi) is 6.21. The molecule has 2 saturated heterocycles. The SMILES string of the molecule is O=C(O)c1ccc(-c2cnn(-c3nc(N[C@@H]4CCOC4)c4ncn(C5OC(CO)C(O)C5O)c4n3)c2)nc1. The lowest BCUT2D eigenvalue weighted by atomic mass is 10.1. The van der Waals surface area contributed by atoms with Crippen LogP contribution in [0.3, 0.4) is 0 Å². The first-order valence-electron chi connectivity index (χ1n) is 11.9. The number of carboxylic acid groups (broad SMARTS) is 1. The average Bonchev–Trinajstić information content (AvgIpc) is 3.72. The van der Waals surface area contributed by atoms with Crippen molar-refractivity contribution in [2.45, 2.75) is 37.0 Å². The van der Waals surface area contributed by atoms with E-state index >= 15 is 0 Å². The maximum absolute atomic E-state index is 11.1. The van der Waals surface area contributed by atoms with Crippen molar-refractivity contribution >= 4 is 23.0 Å². The van der Waals surface area contributed by atoms with Crippen LogP contribution in [0.4, 0.5) is 5.82 Å². The van der Waals surface area contributed by atoms with E-state index in [0.717, 1.165) is 6.42 Å². The third-order valence-electron chi connectivity index (χ3n) is 6.57. The van der Waals surface area contributed by atoms with Gasteiger partial charge in [0, 0.05) is 24.6 Å². The molecular formula is C23H24N8O7. The number of rotatable bonds is 7. The van der Waals surface area contributed by atoms with E-state index in [1.165, 1.54) is 27.8 Å². The Morgan fingerprint density at radius 2 is 2.03 bits per heavy atom. The van der Waals surface area contributed by atoms with E-state index in [0.29, 0.717) is 41.5 Å². The number of aromatic carboxylic acids is 1. The number of aliphatic hydroxyl groups is 3. The summed E-state index contributed by atoms with van der Waals surface area (Å²) in [5.41, 5.74) is 1.92. The number of aliphatic hydroxyl groups excluding tert-OH is 3. The quantitative estimate of drug-likeness (QED) is 0.209. The van der Waals surface area contributed by atoms with Gasteiger partial charge in [-0.2, -0.15) is 15.1 Å². The van der Waals surface area contributed by atoms with Gasteiger partial charge in [0.2, 0.25) is 0 Å². The average molecular weight is 524 g/mol. The Labute approximate surface area is 214 Å². The van der Waals surface area contributed by atoms with Gasteiger partial charge in [0.1, 0.15) is 18.3 Å². The van der Waals surface area contributed by atoms with Gasteiger partial charge in [-0.1, -0.05) is 0 Å². The molecule has 5 N–H and O–H groups in total. The van der Waals surface area contributed by atoms with Gasteiger partial charge in [-0.3, -0.25) is 9.55 Å². The Bertz CT molecular complexity index is 1470. The normalized spacial score (nSPS) is 25.3. The van der Waals surface area contributed by atoms with Crippen LogP contribution in [0.1, 0.15) is 23.0 Å². The van der Waals surface area contributed by atoms with Gasteiger partial charge in [0.25, 0.3) is 5.95 Å². The van der Waals surface area contributed by atoms with E-state index in [4.69, 9.17) is 14.6 Å². The maximum atomic E-state index is 11.1. The molecule has 5 atom stereocenters. The first kappa shape index (κ1) is 24.3. The minimum absolute atomic E-state index is 0.00476. The van der Waals surface area contributed by atoms with Crippen LogP contribution in [0.5, 0.6) is 0 Å². The molecule has 6 rings (SSSR count). The second kappa shape index (κ2) is 9.70. The summed E-state index contributed by atoms with van der Waals surface area (Å²) >= 11 is 0. The fourth-order valence-corrected chi connectivity index (χ4v) is 4.50. The summed E-state index contributed by atoms with van der Waals surface area (Å²) in [6, 6.07) is 3.04. The molecule has 4 aromatic heterocycles. The van der Waals surface area contributed by atoms with Gasteiger partial charge < -0.3 is 35.2 Å². The molecular weight excluding hydrogens is 500 g/mol. The largest absolute Gasteiger partial charge is 0.478 e. The van der Waals surface area contributed by atoms with Crippen LogP contribution >= 0.6 is 0 Å². The Balaban J connectivity index is 1.40. The number of aromatic nitrogens is 7. The van der Waals surface area contributed by atoms with E-state index in [1.807, 2.05) is 0 Å². The predicted octanol–water partition coefficient (Wildman–Crippen LogP) is -0.415. The number of carbonyl (C=O) groups is 1. The van der Waals surface area contributed by atoms with Crippen molar-refractivity contribution in [2.24, 2.45) is 0 Å². The number of fused-ring (bicyclic) bond motifs is 1. The molecule has 15 heteroatoms. The van der Waals surface area contributed by atoms with Gasteiger partial charge in [-0.15, -0.1) is 0 Å². The van der Waals surface area contributed by atoms with Gasteiger partial charge in [-0.05, 0) is 18.6 Å². The van der Waals surface area contributed by atoms with Gasteiger partial charge in [0.05, 0.1) is 43.0 Å². The molecule has 4 aromatic rings. The van der Waals surface area contributed by atoms with Crippen molar-refractivity contribution in [3.05, 3.63) is 42.6 Å². The first-order valence-corrected chi connectivity index (χ1v) is 11.9. The Morgan fingerprint density at radius 3 is 2.71 bits per heavy atom. The van der Waals surface area contributed by atoms with Crippen LogP contribution in [0.15, 0.2) is 37.1 Å². The number of carboxylic acids is 1. The summed E-state index contributed by atoms with van der Waals surface area (Å²) in [5, 5.41) is 47.2. The van der Waals surface area contributed by atoms with Crippen molar-refractivity contribution in [1.82, 2.24) is 34.3 Å². The highest BCUT2D eigenvalue weighted by molar-refractivity contribution is 5.87. The molecule has 2 fully saturated rings. The molecule has 0 saturated carbocycles. The van der Waals surface area contributed by atoms with Crippen molar-refractivity contribution < 1.29 is 34.7 Å². The minimum atomic E-state index is -1.32. The molecule has 6 heterocycles. The van der Waals surface area contributed by atoms with Crippen molar-refractivity contribution in [3.8, 4) is 17.2 Å². The van der Waals surface area contributed by atoms with E-state index in [2.05, 4.69) is 30.4 Å². The van der Waals surface area contributed by atoms with Crippen LogP contribution in [0, 0.1) is 0 Å². The number of imidazole rings is 1. The fraction of sp³-hybridized carbons (Fsp3) is 0.391. The van der Waals surface area contributed by atoms with Gasteiger partial charge >= 0.3 is 5.97 Å². The fourth-order valence-electron chi connectivity index (χ4n) is 4.50. The number of ether oxygens (including phenoxy) is 2. The molecule has 2 aliphatic rings. The van der Waals surface area contributed by atoms with Gasteiger partial charge in [0.15, 0.2) is 23.2 Å². The molecule has 2 aliphatic heterocycles. The highest BCUT2D eigenvalue weighted by Crippen LogP contribution is 2.33. The standard InChI is InChI=1S/C23H24N8O7/c32-8-15-17(33)18(34)21(38-15)30-10-25-16-19(27-13-3-4-37-9-13)28-23(29-20(16)30)31-7-12(6-26-31)14-2-1-11(5-24-14)22(35)36/h1-2,5-7,10,13,15,17-18,21,32-34H,3-4,8-9H2,(H,35,36)(H,27,28,29)/t13-,15?,17?,18?,21?/m1/s1. The zero-order chi connectivity index (χ0) is 26.4. The number of nitrogens with one attached hydrogen (secondary N) is 1. The lowest BCUT2D eigenvalue weighted by Crippen LogP contribution is -2.33. The molecule has 0 spiro atoms. The number of hydrogen-bond acceptors (Lipinski definition) is 12. The topological polar surface area (TPSA) is 203 Å². The zero-order valence-electron chi connectivity index (χ0n) is 19.8. The van der Waals surface area contributed by atoms with Crippen molar-refractivity contribution in [3.63, 3.8) is 0 Å². The summed E-state index contributed by atoms with van der Waals surface area (Å²) in [6.07, 6.45) is 2.07. The highest BCUT2D eigenvalue weighted by Gasteiger charge is 2.44. The third kappa shape index (κ3) is 4.25. The van der Waals surface area contributed by atoms with Gasteiger partial charge in [-0.25, -0.2) is 14.5 Å². The Hall–Kier alpha value is -4.02. The summed E-state index contributed by atoms with van der Waals surface area (Å²) in [7, 11) is 0. The number of pyridine rings is 1. The summed E-state index contributed by atoms with van der Waals surface area (Å²) in [5.74, 6) is -0.465. The molecule has 0 aliphatic carbocycles. The van der Waals surface area contributed by atoms with E-state index in [-0.39, 0.29) is 17.6 Å². The molecule has 4 unspecified atom stereocenters. The van der Waals surface area contributed by atoms with Crippen LogP contribution in [-0.2, 0) is 9.47 Å². The minimum Gasteiger partial charge on any atom is -0.478 e. The molecule has 38 heavy (non-hydrogen) atoms. The molecule has 0 radical (unpaired) electrons. The van der Waals surface area contributed by atoms with Crippen LogP contribution in [0.2, 0.25) is 0 Å². The van der Waals surface area contributed by atoms with Crippen molar-refractivity contribution in [2.75, 3.05) is 25.1 Å². The maximum Gasteiger partial charge on any atom is 0.337 e. The second-order valence-corrected chi connectivity index (χ2v) is 9.04. The lowest BCUT2D eigenvalue weighted by molar-refractivity contribution is -0.0511. The third-order valence-corrected chi connectivity index (χ3v) is 6.57. The summed E-state index contributed by atoms with van der Waals surface area (Å²) in [4.78, 5) is 29.0. The lowest BCUT2D eigenvalue weighted by Gasteiger charge is -2.17. The summed E-state index contributed by atoms with van der Waals surface area (Å²) < 4.78 is 14.1. The van der Waals surface area contributed by atoms with E-state index < -0.39 is 37.1 Å². The van der Waals surface area contributed by atoms with Crippen LogP contribution < -0.4 is 5.32 Å². The Morgan fingerprint density at radius 1 is 1.16 bits per heavy atom. The van der Waals surface area contributed by atoms with E-state index in [1.54, 1.807) is 18.5 Å². The zero-order valence-corrected chi connectivity index (χ0v) is 19.8. The second-order valence-electron chi connectivity index (χ2n) is 9.04. The highest BCUT2D eigenvalue weighted by atomic mass is 16.6. The molecule has 0 amide bonds. The predicted molar refractivity (Wildman–Crippen MR) is 128 cm³/mol. The molecule has 15 nitrogen and oxygen atoms in total. The monoisotopic (exact) mass is 524 g/mol. The molecule has 0 bridgehead atoms. The van der Waals surface area contributed by atoms with Crippen LogP contribution in [-0.4, -0.2) is 105 Å². The number of hydrogen-bond donors (Lipinski definition) is 5. The summed E-state index contributed by atoms with van der Waals surface area (Å²) in [6.45, 7) is 0.653. The smallest absolute Gasteiger partial charge is 0.337 e. The van der Waals surface area contributed by atoms with Crippen molar-refractivity contribution in [1.29, 1.82) is 0 Å². The van der Waals surface area contributed by atoms with Crippen LogP contribution in [0.25, 0.3) is 28.4 Å². The number of nitrogens with zero attached hydrogens (tertiary/aromatic N) is 7. The van der Waals surface area contributed by atoms with E-state index in [9.17, 15) is 20.1 Å².